The van der Waals surface area contributed by atoms with E-state index in [2.05, 4.69) is 20.5 Å². The van der Waals surface area contributed by atoms with E-state index in [1.54, 1.807) is 18.2 Å². The lowest BCUT2D eigenvalue weighted by molar-refractivity contribution is 0.0952. The predicted octanol–water partition coefficient (Wildman–Crippen LogP) is 4.69. The molecule has 8 nitrogen and oxygen atoms in total. The van der Waals surface area contributed by atoms with Crippen LogP contribution in [-0.4, -0.2) is 34.3 Å². The molecule has 0 aliphatic rings. The van der Waals surface area contributed by atoms with Crippen LogP contribution in [0.5, 0.6) is 23.1 Å². The van der Waals surface area contributed by atoms with E-state index in [-0.39, 0.29) is 34.0 Å². The van der Waals surface area contributed by atoms with Gasteiger partial charge in [0.15, 0.2) is 11.5 Å². The third kappa shape index (κ3) is 4.99. The van der Waals surface area contributed by atoms with Crippen molar-refractivity contribution < 1.29 is 23.8 Å². The maximum Gasteiger partial charge on any atom is 0.275 e. The van der Waals surface area contributed by atoms with Crippen LogP contribution in [0.15, 0.2) is 65.9 Å². The number of carbonyl (C=O) groups excluding carboxylic acids is 1. The van der Waals surface area contributed by atoms with E-state index in [0.717, 1.165) is 17.0 Å². The Morgan fingerprint density at radius 1 is 1.15 bits per heavy atom. The number of phenolic OH excluding ortho intramolecular Hbond substituents is 1. The summed E-state index contributed by atoms with van der Waals surface area (Å²) in [4.78, 5) is 19.7. The lowest BCUT2D eigenvalue weighted by Crippen LogP contribution is -2.17. The van der Waals surface area contributed by atoms with Crippen molar-refractivity contribution in [1.82, 2.24) is 15.4 Å². The second kappa shape index (κ2) is 9.49. The maximum atomic E-state index is 13.8. The van der Waals surface area contributed by atoms with Crippen LogP contribution in [0.2, 0.25) is 5.28 Å². The Hall–Kier alpha value is -4.24. The average molecular weight is 467 g/mol. The number of phenols is 1. The van der Waals surface area contributed by atoms with Crippen molar-refractivity contribution in [2.45, 2.75) is 0 Å². The maximum absolute atomic E-state index is 13.8. The molecule has 33 heavy (non-hydrogen) atoms. The number of nitrogens with zero attached hydrogens (tertiary/aromatic N) is 3. The molecule has 0 atom stereocenters. The highest BCUT2D eigenvalue weighted by Crippen LogP contribution is 2.32. The molecule has 4 rings (SSSR count). The van der Waals surface area contributed by atoms with Crippen molar-refractivity contribution in [1.29, 1.82) is 0 Å². The number of hydrazone groups is 1. The summed E-state index contributed by atoms with van der Waals surface area (Å²) in [5.41, 5.74) is 3.03. The molecular formula is C23H16ClFN4O4. The SMILES string of the molecule is COc1cc(C=NNC(=O)c2cc3ccccc3cc2O)ccc1Oc1nc(Cl)ncc1F. The number of amides is 1. The molecule has 3 aromatic carbocycles. The summed E-state index contributed by atoms with van der Waals surface area (Å²) >= 11 is 5.68. The second-order valence-corrected chi connectivity index (χ2v) is 7.06. The summed E-state index contributed by atoms with van der Waals surface area (Å²) in [5.74, 6) is -1.40. The molecule has 0 saturated carbocycles. The van der Waals surface area contributed by atoms with Gasteiger partial charge in [-0.1, -0.05) is 24.3 Å². The molecule has 0 saturated heterocycles. The molecular weight excluding hydrogens is 451 g/mol. The second-order valence-electron chi connectivity index (χ2n) is 6.72. The number of halogens is 2. The smallest absolute Gasteiger partial charge is 0.275 e. The van der Waals surface area contributed by atoms with E-state index in [4.69, 9.17) is 21.1 Å². The Morgan fingerprint density at radius 3 is 2.67 bits per heavy atom. The van der Waals surface area contributed by atoms with Crippen LogP contribution in [0.1, 0.15) is 15.9 Å². The van der Waals surface area contributed by atoms with Gasteiger partial charge in [-0.3, -0.25) is 4.79 Å². The Kier molecular flexibility index (Phi) is 6.32. The summed E-state index contributed by atoms with van der Waals surface area (Å²) in [7, 11) is 1.41. The zero-order chi connectivity index (χ0) is 23.4. The predicted molar refractivity (Wildman–Crippen MR) is 121 cm³/mol. The van der Waals surface area contributed by atoms with Gasteiger partial charge in [0.2, 0.25) is 11.1 Å². The van der Waals surface area contributed by atoms with Gasteiger partial charge in [0, 0.05) is 0 Å². The molecule has 0 unspecified atom stereocenters. The Labute approximate surface area is 192 Å². The molecule has 0 fully saturated rings. The molecule has 10 heteroatoms. The van der Waals surface area contributed by atoms with Crippen LogP contribution in [0, 0.1) is 5.82 Å². The minimum absolute atomic E-state index is 0.0951. The molecule has 4 aromatic rings. The van der Waals surface area contributed by atoms with E-state index in [1.165, 1.54) is 25.5 Å². The number of methoxy groups -OCH3 is 1. The molecule has 1 amide bonds. The lowest BCUT2D eigenvalue weighted by Gasteiger charge is -2.10. The van der Waals surface area contributed by atoms with Gasteiger partial charge in [-0.15, -0.1) is 0 Å². The number of benzene rings is 3. The van der Waals surface area contributed by atoms with Crippen molar-refractivity contribution in [2.24, 2.45) is 5.10 Å². The van der Waals surface area contributed by atoms with Gasteiger partial charge in [0.25, 0.3) is 11.8 Å². The summed E-state index contributed by atoms with van der Waals surface area (Å²) in [6, 6.07) is 15.2. The number of hydrogen-bond donors (Lipinski definition) is 2. The largest absolute Gasteiger partial charge is 0.507 e. The fourth-order valence-corrected chi connectivity index (χ4v) is 3.12. The van der Waals surface area contributed by atoms with Gasteiger partial charge >= 0.3 is 0 Å². The van der Waals surface area contributed by atoms with E-state index in [9.17, 15) is 14.3 Å². The zero-order valence-corrected chi connectivity index (χ0v) is 17.9. The van der Waals surface area contributed by atoms with Crippen LogP contribution < -0.4 is 14.9 Å². The molecule has 0 bridgehead atoms. The normalized spacial score (nSPS) is 11.0. The summed E-state index contributed by atoms with van der Waals surface area (Å²) in [6.07, 6.45) is 2.28. The summed E-state index contributed by atoms with van der Waals surface area (Å²) in [6.45, 7) is 0. The molecule has 2 N–H and O–H groups in total. The van der Waals surface area contributed by atoms with E-state index in [1.807, 2.05) is 24.3 Å². The first-order chi connectivity index (χ1) is 15.9. The van der Waals surface area contributed by atoms with Crippen molar-refractivity contribution >= 4 is 34.5 Å². The Balaban J connectivity index is 1.49. The topological polar surface area (TPSA) is 106 Å². The third-order valence-electron chi connectivity index (χ3n) is 4.57. The highest BCUT2D eigenvalue weighted by molar-refractivity contribution is 6.28. The number of aromatic hydroxyl groups is 1. The van der Waals surface area contributed by atoms with Gasteiger partial charge in [0.1, 0.15) is 5.75 Å². The molecule has 166 valence electrons. The first-order valence-corrected chi connectivity index (χ1v) is 9.91. The molecule has 0 aliphatic carbocycles. The van der Waals surface area contributed by atoms with Crippen LogP contribution in [0.4, 0.5) is 4.39 Å². The van der Waals surface area contributed by atoms with Gasteiger partial charge < -0.3 is 14.6 Å². The molecule has 0 radical (unpaired) electrons. The monoisotopic (exact) mass is 466 g/mol. The number of carbonyl (C=O) groups is 1. The van der Waals surface area contributed by atoms with Crippen molar-refractivity contribution in [3.05, 3.63) is 83.0 Å². The molecule has 0 aliphatic heterocycles. The summed E-state index contributed by atoms with van der Waals surface area (Å²) < 4.78 is 24.6. The average Bonchev–Trinajstić information content (AvgIpc) is 2.81. The van der Waals surface area contributed by atoms with Gasteiger partial charge in [-0.2, -0.15) is 14.5 Å². The standard InChI is InChI=1S/C23H16ClFN4O4/c1-32-20-8-13(6-7-19(20)33-22-17(25)12-26-23(24)28-22)11-27-29-21(31)16-9-14-4-2-3-5-15(14)10-18(16)30/h2-12,30H,1H3,(H,29,31). The number of fused-ring (bicyclic) bond motifs is 1. The first kappa shape index (κ1) is 22.0. The van der Waals surface area contributed by atoms with Crippen molar-refractivity contribution in [3.63, 3.8) is 0 Å². The Bertz CT molecular complexity index is 1380. The van der Waals surface area contributed by atoms with Crippen molar-refractivity contribution in [2.75, 3.05) is 7.11 Å². The quantitative estimate of drug-likeness (QED) is 0.242. The number of hydrogen-bond acceptors (Lipinski definition) is 7. The molecule has 1 heterocycles. The van der Waals surface area contributed by atoms with E-state index < -0.39 is 11.7 Å². The minimum Gasteiger partial charge on any atom is -0.507 e. The summed E-state index contributed by atoms with van der Waals surface area (Å²) in [5, 5.41) is 15.5. The van der Waals surface area contributed by atoms with Gasteiger partial charge in [-0.05, 0) is 58.3 Å². The Morgan fingerprint density at radius 2 is 1.91 bits per heavy atom. The highest BCUT2D eigenvalue weighted by Gasteiger charge is 2.14. The van der Waals surface area contributed by atoms with Crippen molar-refractivity contribution in [3.8, 4) is 23.1 Å². The third-order valence-corrected chi connectivity index (χ3v) is 4.75. The van der Waals surface area contributed by atoms with E-state index in [0.29, 0.717) is 5.56 Å². The minimum atomic E-state index is -0.785. The van der Waals surface area contributed by atoms with Crippen LogP contribution in [-0.2, 0) is 0 Å². The fraction of sp³-hybridized carbons (Fsp3) is 0.0435. The van der Waals surface area contributed by atoms with Gasteiger partial charge in [0.05, 0.1) is 25.1 Å². The zero-order valence-electron chi connectivity index (χ0n) is 17.1. The fourth-order valence-electron chi connectivity index (χ4n) is 2.99. The number of rotatable bonds is 6. The highest BCUT2D eigenvalue weighted by atomic mass is 35.5. The van der Waals surface area contributed by atoms with Crippen LogP contribution in [0.3, 0.4) is 0 Å². The number of aromatic nitrogens is 2. The van der Waals surface area contributed by atoms with Crippen LogP contribution in [0.25, 0.3) is 10.8 Å². The van der Waals surface area contributed by atoms with Gasteiger partial charge in [-0.25, -0.2) is 10.4 Å². The first-order valence-electron chi connectivity index (χ1n) is 9.53. The number of ether oxygens (including phenoxy) is 2. The lowest BCUT2D eigenvalue weighted by atomic mass is 10.1. The molecule has 0 spiro atoms. The number of nitrogens with one attached hydrogen (secondary N) is 1. The molecule has 1 aromatic heterocycles. The van der Waals surface area contributed by atoms with E-state index >= 15 is 0 Å². The van der Waals surface area contributed by atoms with Crippen LogP contribution >= 0.6 is 11.6 Å².